The van der Waals surface area contributed by atoms with E-state index in [9.17, 15) is 4.79 Å². The van der Waals surface area contributed by atoms with Crippen LogP contribution < -0.4 is 14.8 Å². The number of amides is 1. The van der Waals surface area contributed by atoms with Crippen molar-refractivity contribution in [1.82, 2.24) is 9.78 Å². The molecule has 7 heteroatoms. The van der Waals surface area contributed by atoms with Crippen LogP contribution in [0.2, 0.25) is 0 Å². The van der Waals surface area contributed by atoms with Crippen LogP contribution >= 0.6 is 0 Å². The van der Waals surface area contributed by atoms with Gasteiger partial charge in [-0.25, -0.2) is 0 Å². The maximum Gasteiger partial charge on any atom is 0.292 e. The summed E-state index contributed by atoms with van der Waals surface area (Å²) in [5.74, 6) is 2.07. The van der Waals surface area contributed by atoms with E-state index in [0.717, 1.165) is 0 Å². The van der Waals surface area contributed by atoms with Gasteiger partial charge in [-0.1, -0.05) is 12.1 Å². The van der Waals surface area contributed by atoms with Crippen LogP contribution in [0, 0.1) is 0 Å². The lowest BCUT2D eigenvalue weighted by Gasteiger charge is -2.08. The van der Waals surface area contributed by atoms with Crippen molar-refractivity contribution in [2.45, 2.75) is 6.61 Å². The first kappa shape index (κ1) is 15.7. The van der Waals surface area contributed by atoms with Crippen molar-refractivity contribution in [3.8, 4) is 11.5 Å². The molecule has 0 saturated carbocycles. The zero-order valence-corrected chi connectivity index (χ0v) is 13.4. The molecule has 0 unspecified atom stereocenters. The average molecular weight is 327 g/mol. The highest BCUT2D eigenvalue weighted by molar-refractivity contribution is 6.01. The van der Waals surface area contributed by atoms with Crippen LogP contribution in [-0.4, -0.2) is 22.8 Å². The van der Waals surface area contributed by atoms with E-state index in [0.29, 0.717) is 23.1 Å². The molecule has 0 fully saturated rings. The Balaban J connectivity index is 1.62. The number of carbonyl (C=O) groups excluding carboxylic acids is 1. The van der Waals surface area contributed by atoms with Gasteiger partial charge >= 0.3 is 0 Å². The number of furan rings is 1. The molecule has 7 nitrogen and oxygen atoms in total. The minimum Gasteiger partial charge on any atom is -0.493 e. The molecule has 3 aromatic rings. The van der Waals surface area contributed by atoms with Gasteiger partial charge in [-0.05, 0) is 24.3 Å². The van der Waals surface area contributed by atoms with Crippen molar-refractivity contribution in [2.75, 3.05) is 12.4 Å². The number of nitrogens with zero attached hydrogens (tertiary/aromatic N) is 2. The maximum absolute atomic E-state index is 12.1. The van der Waals surface area contributed by atoms with E-state index in [-0.39, 0.29) is 18.3 Å². The Morgan fingerprint density at radius 3 is 2.71 bits per heavy atom. The van der Waals surface area contributed by atoms with Crippen LogP contribution in [0.3, 0.4) is 0 Å². The molecule has 0 radical (unpaired) electrons. The first-order valence-corrected chi connectivity index (χ1v) is 7.31. The first-order chi connectivity index (χ1) is 11.7. The fourth-order valence-corrected chi connectivity index (χ4v) is 2.12. The molecule has 2 aromatic heterocycles. The number of aromatic nitrogens is 2. The summed E-state index contributed by atoms with van der Waals surface area (Å²) in [5.41, 5.74) is 0. The Morgan fingerprint density at radius 2 is 2.00 bits per heavy atom. The molecule has 0 aliphatic rings. The number of rotatable bonds is 6. The highest BCUT2D eigenvalue weighted by Crippen LogP contribution is 2.26. The minimum atomic E-state index is -0.364. The van der Waals surface area contributed by atoms with E-state index in [2.05, 4.69) is 10.4 Å². The van der Waals surface area contributed by atoms with Gasteiger partial charge in [0, 0.05) is 19.3 Å². The van der Waals surface area contributed by atoms with Crippen LogP contribution in [0.5, 0.6) is 11.5 Å². The van der Waals surface area contributed by atoms with Gasteiger partial charge in [-0.3, -0.25) is 9.48 Å². The second-order valence-electron chi connectivity index (χ2n) is 5.03. The van der Waals surface area contributed by atoms with Gasteiger partial charge in [0.05, 0.1) is 7.11 Å². The molecule has 0 spiro atoms. The van der Waals surface area contributed by atoms with Crippen molar-refractivity contribution >= 4 is 11.7 Å². The van der Waals surface area contributed by atoms with E-state index in [1.54, 1.807) is 49.3 Å². The lowest BCUT2D eigenvalue weighted by Crippen LogP contribution is -2.11. The van der Waals surface area contributed by atoms with Crippen molar-refractivity contribution in [3.05, 3.63) is 60.2 Å². The quantitative estimate of drug-likeness (QED) is 0.753. The molecule has 2 heterocycles. The van der Waals surface area contributed by atoms with Gasteiger partial charge in [0.1, 0.15) is 12.4 Å². The van der Waals surface area contributed by atoms with Gasteiger partial charge in [-0.15, -0.1) is 0 Å². The van der Waals surface area contributed by atoms with Crippen LogP contribution in [0.4, 0.5) is 5.82 Å². The van der Waals surface area contributed by atoms with Gasteiger partial charge in [0.15, 0.2) is 23.1 Å². The summed E-state index contributed by atoms with van der Waals surface area (Å²) >= 11 is 0. The summed E-state index contributed by atoms with van der Waals surface area (Å²) < 4.78 is 18.0. The zero-order valence-electron chi connectivity index (χ0n) is 13.4. The zero-order chi connectivity index (χ0) is 16.9. The molecular weight excluding hydrogens is 310 g/mol. The van der Waals surface area contributed by atoms with Gasteiger partial charge in [0.2, 0.25) is 0 Å². The van der Waals surface area contributed by atoms with Crippen LogP contribution in [0.1, 0.15) is 16.3 Å². The van der Waals surface area contributed by atoms with Crippen LogP contribution in [0.25, 0.3) is 0 Å². The number of hydrogen-bond acceptors (Lipinski definition) is 5. The third-order valence-electron chi connectivity index (χ3n) is 3.28. The summed E-state index contributed by atoms with van der Waals surface area (Å²) in [6.07, 6.45) is 1.74. The van der Waals surface area contributed by atoms with Crippen molar-refractivity contribution in [2.24, 2.45) is 7.05 Å². The summed E-state index contributed by atoms with van der Waals surface area (Å²) in [7, 11) is 3.35. The Morgan fingerprint density at radius 1 is 1.21 bits per heavy atom. The fraction of sp³-hybridized carbons (Fsp3) is 0.176. The lowest BCUT2D eigenvalue weighted by atomic mass is 10.3. The predicted octanol–water partition coefficient (Wildman–Crippen LogP) is 2.85. The number of ether oxygens (including phenoxy) is 2. The normalized spacial score (nSPS) is 10.4. The molecule has 0 aliphatic carbocycles. The molecule has 1 N–H and O–H groups in total. The number of carbonyl (C=O) groups is 1. The van der Waals surface area contributed by atoms with Gasteiger partial charge < -0.3 is 19.2 Å². The van der Waals surface area contributed by atoms with E-state index in [4.69, 9.17) is 13.9 Å². The highest BCUT2D eigenvalue weighted by Gasteiger charge is 2.13. The van der Waals surface area contributed by atoms with Gasteiger partial charge in [-0.2, -0.15) is 5.10 Å². The molecule has 3 rings (SSSR count). The van der Waals surface area contributed by atoms with Crippen molar-refractivity contribution < 1.29 is 18.7 Å². The Labute approximate surface area is 138 Å². The van der Waals surface area contributed by atoms with E-state index < -0.39 is 0 Å². The monoisotopic (exact) mass is 327 g/mol. The molecule has 0 aliphatic heterocycles. The number of para-hydroxylation sites is 2. The number of methoxy groups -OCH3 is 1. The smallest absolute Gasteiger partial charge is 0.292 e. The summed E-state index contributed by atoms with van der Waals surface area (Å²) in [6, 6.07) is 12.3. The molecule has 124 valence electrons. The molecular formula is C17H17N3O4. The Kier molecular flexibility index (Phi) is 4.51. The number of benzene rings is 1. The molecule has 1 amide bonds. The third kappa shape index (κ3) is 3.57. The van der Waals surface area contributed by atoms with Crippen LogP contribution in [0.15, 0.2) is 53.1 Å². The second kappa shape index (κ2) is 6.91. The molecule has 0 saturated heterocycles. The van der Waals surface area contributed by atoms with Gasteiger partial charge in [0.25, 0.3) is 5.91 Å². The second-order valence-corrected chi connectivity index (χ2v) is 5.03. The fourth-order valence-electron chi connectivity index (χ4n) is 2.12. The average Bonchev–Trinajstić information content (AvgIpc) is 3.22. The number of anilines is 1. The van der Waals surface area contributed by atoms with E-state index in [1.807, 2.05) is 18.2 Å². The molecule has 24 heavy (non-hydrogen) atoms. The van der Waals surface area contributed by atoms with Crippen LogP contribution in [-0.2, 0) is 13.7 Å². The standard InChI is InChI=1S/C17H17N3O4/c1-20-10-9-16(19-20)18-17(21)15-8-7-12(24-15)11-23-14-6-4-3-5-13(14)22-2/h3-10H,11H2,1-2H3,(H,18,19,21). The number of aryl methyl sites for hydroxylation is 1. The number of nitrogens with one attached hydrogen (secondary N) is 1. The largest absolute Gasteiger partial charge is 0.493 e. The van der Waals surface area contributed by atoms with E-state index >= 15 is 0 Å². The summed E-state index contributed by atoms with van der Waals surface area (Å²) in [5, 5.41) is 6.74. The topological polar surface area (TPSA) is 78.5 Å². The third-order valence-corrected chi connectivity index (χ3v) is 3.28. The van der Waals surface area contributed by atoms with Crippen molar-refractivity contribution in [3.63, 3.8) is 0 Å². The summed E-state index contributed by atoms with van der Waals surface area (Å²) in [4.78, 5) is 12.1. The number of hydrogen-bond donors (Lipinski definition) is 1. The first-order valence-electron chi connectivity index (χ1n) is 7.31. The lowest BCUT2D eigenvalue weighted by molar-refractivity contribution is 0.0992. The predicted molar refractivity (Wildman–Crippen MR) is 87.2 cm³/mol. The molecule has 0 atom stereocenters. The van der Waals surface area contributed by atoms with Crippen molar-refractivity contribution in [1.29, 1.82) is 0 Å². The Hall–Kier alpha value is -3.22. The highest BCUT2D eigenvalue weighted by atomic mass is 16.5. The maximum atomic E-state index is 12.1. The molecule has 1 aromatic carbocycles. The Bertz CT molecular complexity index is 838. The summed E-state index contributed by atoms with van der Waals surface area (Å²) in [6.45, 7) is 0.192. The van der Waals surface area contributed by atoms with E-state index in [1.165, 1.54) is 0 Å². The molecule has 0 bridgehead atoms. The minimum absolute atomic E-state index is 0.192. The SMILES string of the molecule is COc1ccccc1OCc1ccc(C(=O)Nc2ccn(C)n2)o1.